The maximum Gasteiger partial charge on any atom is 0.490 e. The normalized spacial score (nSPS) is 11.2. The molecule has 0 spiro atoms. The smallest absolute Gasteiger partial charge is 0.475 e. The van der Waals surface area contributed by atoms with Gasteiger partial charge >= 0.3 is 12.1 Å². The Bertz CT molecular complexity index is 1320. The number of aromatic nitrogens is 2. The van der Waals surface area contributed by atoms with Gasteiger partial charge in [0.25, 0.3) is 5.91 Å². The first-order chi connectivity index (χ1) is 15.6. The molecule has 172 valence electrons. The van der Waals surface area contributed by atoms with Gasteiger partial charge in [0.15, 0.2) is 0 Å². The average Bonchev–Trinajstić information content (AvgIpc) is 3.19. The lowest BCUT2D eigenvalue weighted by Crippen LogP contribution is -2.29. The molecule has 0 saturated heterocycles. The van der Waals surface area contributed by atoms with E-state index in [-0.39, 0.29) is 5.91 Å². The number of nitrogens with two attached hydrogens (primary N) is 1. The first-order valence-corrected chi connectivity index (χ1v) is 10.4. The van der Waals surface area contributed by atoms with Crippen LogP contribution in [-0.4, -0.2) is 46.2 Å². The maximum absolute atomic E-state index is 12.6. The van der Waals surface area contributed by atoms with Crippen LogP contribution in [0.5, 0.6) is 0 Å². The number of carbonyl (C=O) groups is 2. The molecule has 0 fully saturated rings. The number of nitrogens with zero attached hydrogens (tertiary/aromatic N) is 1. The molecule has 1 amide bonds. The SMILES string of the molecule is NCCNC(=O)c1cc(-c2c[nH]c3ccc(Br)cc23)nc2ccccc12.O=C(O)C(F)(F)F. The molecule has 4 rings (SSSR count). The summed E-state index contributed by atoms with van der Waals surface area (Å²) in [5.41, 5.74) is 9.63. The molecule has 0 aliphatic rings. The van der Waals surface area contributed by atoms with Crippen molar-refractivity contribution < 1.29 is 27.9 Å². The van der Waals surface area contributed by atoms with Crippen LogP contribution < -0.4 is 11.1 Å². The highest BCUT2D eigenvalue weighted by Gasteiger charge is 2.38. The average molecular weight is 523 g/mol. The van der Waals surface area contributed by atoms with Gasteiger partial charge < -0.3 is 21.1 Å². The number of carbonyl (C=O) groups excluding carboxylic acids is 1. The Balaban J connectivity index is 0.000000383. The number of benzene rings is 2. The summed E-state index contributed by atoms with van der Waals surface area (Å²) in [6.07, 6.45) is -3.16. The van der Waals surface area contributed by atoms with Crippen LogP contribution in [0.3, 0.4) is 0 Å². The van der Waals surface area contributed by atoms with Gasteiger partial charge in [-0.1, -0.05) is 34.1 Å². The molecule has 0 bridgehead atoms. The fourth-order valence-corrected chi connectivity index (χ4v) is 3.45. The lowest BCUT2D eigenvalue weighted by atomic mass is 10.0. The Morgan fingerprint density at radius 1 is 1.12 bits per heavy atom. The van der Waals surface area contributed by atoms with Crippen molar-refractivity contribution in [2.75, 3.05) is 13.1 Å². The molecule has 0 atom stereocenters. The Kier molecular flexibility index (Phi) is 7.34. The third-order valence-corrected chi connectivity index (χ3v) is 5.05. The van der Waals surface area contributed by atoms with E-state index in [1.165, 1.54) is 0 Å². The minimum absolute atomic E-state index is 0.142. The molecule has 0 aliphatic carbocycles. The van der Waals surface area contributed by atoms with Gasteiger partial charge in [-0.15, -0.1) is 0 Å². The van der Waals surface area contributed by atoms with E-state index in [9.17, 15) is 18.0 Å². The summed E-state index contributed by atoms with van der Waals surface area (Å²) in [4.78, 5) is 29.6. The van der Waals surface area contributed by atoms with E-state index in [0.29, 0.717) is 18.7 Å². The molecule has 2 heterocycles. The third kappa shape index (κ3) is 5.68. The van der Waals surface area contributed by atoms with E-state index in [2.05, 4.69) is 26.2 Å². The van der Waals surface area contributed by atoms with Gasteiger partial charge in [-0.2, -0.15) is 13.2 Å². The summed E-state index contributed by atoms with van der Waals surface area (Å²) in [6.45, 7) is 0.836. The Hall–Kier alpha value is -3.44. The number of aliphatic carboxylic acids is 1. The van der Waals surface area contributed by atoms with E-state index in [0.717, 1.165) is 37.5 Å². The number of hydrogen-bond donors (Lipinski definition) is 4. The number of halogens is 4. The quantitative estimate of drug-likeness (QED) is 0.315. The Morgan fingerprint density at radius 2 is 1.82 bits per heavy atom. The van der Waals surface area contributed by atoms with Crippen molar-refractivity contribution in [3.05, 3.63) is 64.8 Å². The van der Waals surface area contributed by atoms with Crippen molar-refractivity contribution in [2.45, 2.75) is 6.18 Å². The molecular formula is C22H18BrF3N4O3. The number of para-hydroxylation sites is 1. The van der Waals surface area contributed by atoms with Crippen molar-refractivity contribution in [3.63, 3.8) is 0 Å². The van der Waals surface area contributed by atoms with E-state index in [1.807, 2.05) is 54.7 Å². The van der Waals surface area contributed by atoms with Crippen molar-refractivity contribution in [1.82, 2.24) is 15.3 Å². The first kappa shape index (κ1) is 24.2. The highest BCUT2D eigenvalue weighted by molar-refractivity contribution is 9.10. The second-order valence-electron chi connectivity index (χ2n) is 6.81. The van der Waals surface area contributed by atoms with Gasteiger partial charge in [-0.3, -0.25) is 4.79 Å². The molecule has 7 nitrogen and oxygen atoms in total. The van der Waals surface area contributed by atoms with Gasteiger partial charge in [-0.05, 0) is 30.3 Å². The lowest BCUT2D eigenvalue weighted by Gasteiger charge is -2.10. The first-order valence-electron chi connectivity index (χ1n) is 9.57. The molecule has 2 aromatic heterocycles. The molecule has 0 unspecified atom stereocenters. The van der Waals surface area contributed by atoms with Crippen molar-refractivity contribution in [1.29, 1.82) is 0 Å². The highest BCUT2D eigenvalue weighted by atomic mass is 79.9. The predicted molar refractivity (Wildman–Crippen MR) is 122 cm³/mol. The molecule has 0 saturated carbocycles. The van der Waals surface area contributed by atoms with Crippen molar-refractivity contribution in [3.8, 4) is 11.3 Å². The zero-order valence-corrected chi connectivity index (χ0v) is 18.5. The minimum Gasteiger partial charge on any atom is -0.475 e. The lowest BCUT2D eigenvalue weighted by molar-refractivity contribution is -0.192. The Labute approximate surface area is 193 Å². The van der Waals surface area contributed by atoms with Crippen LogP contribution >= 0.6 is 15.9 Å². The fourth-order valence-electron chi connectivity index (χ4n) is 3.09. The number of hydrogen-bond acceptors (Lipinski definition) is 4. The molecule has 33 heavy (non-hydrogen) atoms. The molecule has 5 N–H and O–H groups in total. The van der Waals surface area contributed by atoms with Gasteiger partial charge in [0, 0.05) is 45.6 Å². The number of H-pyrrole nitrogens is 1. The standard InChI is InChI=1S/C20H17BrN4O.C2HF3O2/c21-12-5-6-17-14(9-12)16(11-24-17)19-10-15(20(26)23-8-7-22)13-3-1-2-4-18(13)25-19;3-2(4,5)1(6)7/h1-6,9-11,24H,7-8,22H2,(H,23,26);(H,6,7). The van der Waals surface area contributed by atoms with Gasteiger partial charge in [0.1, 0.15) is 0 Å². The summed E-state index contributed by atoms with van der Waals surface area (Å²) in [5, 5.41) is 11.9. The van der Waals surface area contributed by atoms with E-state index in [1.54, 1.807) is 0 Å². The molecule has 0 radical (unpaired) electrons. The monoisotopic (exact) mass is 522 g/mol. The molecule has 2 aromatic carbocycles. The topological polar surface area (TPSA) is 121 Å². The summed E-state index contributed by atoms with van der Waals surface area (Å²) >= 11 is 3.52. The molecule has 11 heteroatoms. The number of nitrogens with one attached hydrogen (secondary N) is 2. The highest BCUT2D eigenvalue weighted by Crippen LogP contribution is 2.32. The van der Waals surface area contributed by atoms with Crippen molar-refractivity contribution >= 4 is 49.6 Å². The second kappa shape index (κ2) is 10.0. The van der Waals surface area contributed by atoms with Crippen LogP contribution in [0.1, 0.15) is 10.4 Å². The zero-order valence-electron chi connectivity index (χ0n) is 16.9. The number of amides is 1. The molecular weight excluding hydrogens is 505 g/mol. The molecule has 0 aliphatic heterocycles. The number of alkyl halides is 3. The van der Waals surface area contributed by atoms with Crippen LogP contribution in [0.25, 0.3) is 33.1 Å². The number of pyridine rings is 1. The number of aromatic amines is 1. The molecule has 4 aromatic rings. The van der Waals surface area contributed by atoms with Gasteiger partial charge in [-0.25, -0.2) is 9.78 Å². The van der Waals surface area contributed by atoms with Crippen LogP contribution in [0, 0.1) is 0 Å². The maximum atomic E-state index is 12.6. The fraction of sp³-hybridized carbons (Fsp3) is 0.136. The number of carboxylic acid groups (broad SMARTS) is 1. The Morgan fingerprint density at radius 3 is 2.48 bits per heavy atom. The van der Waals surface area contributed by atoms with Crippen LogP contribution in [0.4, 0.5) is 13.2 Å². The second-order valence-corrected chi connectivity index (χ2v) is 7.73. The third-order valence-electron chi connectivity index (χ3n) is 4.55. The summed E-state index contributed by atoms with van der Waals surface area (Å²) < 4.78 is 32.7. The summed E-state index contributed by atoms with van der Waals surface area (Å²) in [5.74, 6) is -2.90. The van der Waals surface area contributed by atoms with Crippen LogP contribution in [-0.2, 0) is 4.79 Å². The summed E-state index contributed by atoms with van der Waals surface area (Å²) in [7, 11) is 0. The van der Waals surface area contributed by atoms with Crippen molar-refractivity contribution in [2.24, 2.45) is 5.73 Å². The largest absolute Gasteiger partial charge is 0.490 e. The number of carboxylic acids is 1. The summed E-state index contributed by atoms with van der Waals surface area (Å²) in [6, 6.07) is 15.6. The van der Waals surface area contributed by atoms with Gasteiger partial charge in [0.2, 0.25) is 0 Å². The van der Waals surface area contributed by atoms with E-state index in [4.69, 9.17) is 20.6 Å². The van der Waals surface area contributed by atoms with Gasteiger partial charge in [0.05, 0.1) is 16.8 Å². The van der Waals surface area contributed by atoms with Crippen LogP contribution in [0.15, 0.2) is 59.2 Å². The predicted octanol–water partition coefficient (Wildman–Crippen LogP) is 4.47. The zero-order chi connectivity index (χ0) is 24.2. The van der Waals surface area contributed by atoms with E-state index >= 15 is 0 Å². The number of fused-ring (bicyclic) bond motifs is 2. The number of rotatable bonds is 4. The minimum atomic E-state index is -5.08. The van der Waals surface area contributed by atoms with E-state index < -0.39 is 12.1 Å². The van der Waals surface area contributed by atoms with Crippen LogP contribution in [0.2, 0.25) is 0 Å².